The zero-order valence-electron chi connectivity index (χ0n) is 9.28. The molecule has 0 spiro atoms. The fraction of sp³-hybridized carbons (Fsp3) is 1.00. The molecule has 3 aliphatic rings. The molecule has 0 aromatic heterocycles. The normalized spacial score (nSPS) is 36.6. The summed E-state index contributed by atoms with van der Waals surface area (Å²) in [5, 5.41) is 0. The average molecular weight is 197 g/mol. The van der Waals surface area contributed by atoms with E-state index >= 15 is 0 Å². The Morgan fingerprint density at radius 3 is 2.57 bits per heavy atom. The van der Waals surface area contributed by atoms with Gasteiger partial charge >= 0.3 is 0 Å². The zero-order valence-corrected chi connectivity index (χ0v) is 9.28. The fourth-order valence-corrected chi connectivity index (χ4v) is 2.94. The standard InChI is InChI=1S/C11H23N3/c1-13(6-2-5-12)11-9-14-7-3-10(11)4-8-14/h10-11H,2-9,12H2,1H3. The van der Waals surface area contributed by atoms with Gasteiger partial charge in [-0.1, -0.05) is 0 Å². The first-order valence-corrected chi connectivity index (χ1v) is 5.94. The summed E-state index contributed by atoms with van der Waals surface area (Å²) in [7, 11) is 2.27. The van der Waals surface area contributed by atoms with Crippen molar-refractivity contribution in [2.24, 2.45) is 11.7 Å². The van der Waals surface area contributed by atoms with Crippen molar-refractivity contribution in [2.45, 2.75) is 25.3 Å². The monoisotopic (exact) mass is 197 g/mol. The van der Waals surface area contributed by atoms with E-state index in [0.29, 0.717) is 0 Å². The number of hydrogen-bond donors (Lipinski definition) is 1. The summed E-state index contributed by atoms with van der Waals surface area (Å²) in [6.07, 6.45) is 3.97. The van der Waals surface area contributed by atoms with Gasteiger partial charge in [0.25, 0.3) is 0 Å². The van der Waals surface area contributed by atoms with E-state index in [2.05, 4.69) is 16.8 Å². The molecule has 1 unspecified atom stereocenters. The van der Waals surface area contributed by atoms with E-state index in [-0.39, 0.29) is 0 Å². The molecule has 0 radical (unpaired) electrons. The highest BCUT2D eigenvalue weighted by Gasteiger charge is 2.35. The largest absolute Gasteiger partial charge is 0.330 e. The Hall–Kier alpha value is -0.120. The van der Waals surface area contributed by atoms with Crippen LogP contribution in [-0.4, -0.2) is 55.6 Å². The average Bonchev–Trinajstić information content (AvgIpc) is 2.27. The lowest BCUT2D eigenvalue weighted by Crippen LogP contribution is -2.56. The van der Waals surface area contributed by atoms with E-state index in [4.69, 9.17) is 5.73 Å². The number of piperidine rings is 3. The SMILES string of the molecule is CN(CCCN)C1CN2CCC1CC2. The van der Waals surface area contributed by atoms with Crippen molar-refractivity contribution in [1.82, 2.24) is 9.80 Å². The van der Waals surface area contributed by atoms with Crippen molar-refractivity contribution in [3.05, 3.63) is 0 Å². The second kappa shape index (κ2) is 4.60. The van der Waals surface area contributed by atoms with E-state index in [1.807, 2.05) is 0 Å². The number of nitrogens with two attached hydrogens (primary N) is 1. The van der Waals surface area contributed by atoms with Crippen molar-refractivity contribution < 1.29 is 0 Å². The minimum Gasteiger partial charge on any atom is -0.330 e. The van der Waals surface area contributed by atoms with Crippen LogP contribution in [0.25, 0.3) is 0 Å². The summed E-state index contributed by atoms with van der Waals surface area (Å²) in [5.41, 5.74) is 5.55. The van der Waals surface area contributed by atoms with Gasteiger partial charge in [-0.2, -0.15) is 0 Å². The van der Waals surface area contributed by atoms with Gasteiger partial charge in [-0.05, 0) is 58.4 Å². The molecule has 82 valence electrons. The Balaban J connectivity index is 1.85. The first kappa shape index (κ1) is 10.4. The highest BCUT2D eigenvalue weighted by atomic mass is 15.2. The third kappa shape index (κ3) is 2.10. The second-order valence-corrected chi connectivity index (χ2v) is 4.83. The molecule has 3 heterocycles. The summed E-state index contributed by atoms with van der Waals surface area (Å²) in [5.74, 6) is 0.961. The molecule has 14 heavy (non-hydrogen) atoms. The summed E-state index contributed by atoms with van der Waals surface area (Å²) in [4.78, 5) is 5.15. The zero-order chi connectivity index (χ0) is 9.97. The van der Waals surface area contributed by atoms with Crippen LogP contribution in [0.5, 0.6) is 0 Å². The number of rotatable bonds is 4. The third-order valence-electron chi connectivity index (χ3n) is 3.90. The van der Waals surface area contributed by atoms with Crippen molar-refractivity contribution in [3.8, 4) is 0 Å². The molecular formula is C11H23N3. The van der Waals surface area contributed by atoms with Crippen molar-refractivity contribution in [3.63, 3.8) is 0 Å². The van der Waals surface area contributed by atoms with E-state index in [1.165, 1.54) is 39.0 Å². The number of fused-ring (bicyclic) bond motifs is 3. The molecule has 3 fully saturated rings. The van der Waals surface area contributed by atoms with E-state index in [0.717, 1.165) is 24.9 Å². The van der Waals surface area contributed by atoms with E-state index in [1.54, 1.807) is 0 Å². The molecule has 3 saturated heterocycles. The maximum Gasteiger partial charge on any atom is 0.0249 e. The van der Waals surface area contributed by atoms with Crippen molar-refractivity contribution in [2.75, 3.05) is 39.8 Å². The Labute approximate surface area is 87.2 Å². The Kier molecular flexibility index (Phi) is 3.42. The highest BCUT2D eigenvalue weighted by molar-refractivity contribution is 4.91. The van der Waals surface area contributed by atoms with Gasteiger partial charge in [0.05, 0.1) is 0 Å². The molecule has 0 amide bonds. The number of nitrogens with zero attached hydrogens (tertiary/aromatic N) is 2. The summed E-state index contributed by atoms with van der Waals surface area (Å²) >= 11 is 0. The fourth-order valence-electron chi connectivity index (χ4n) is 2.94. The van der Waals surface area contributed by atoms with Gasteiger partial charge in [-0.15, -0.1) is 0 Å². The lowest BCUT2D eigenvalue weighted by Gasteiger charge is -2.48. The van der Waals surface area contributed by atoms with Crippen molar-refractivity contribution in [1.29, 1.82) is 0 Å². The van der Waals surface area contributed by atoms with Gasteiger partial charge in [0.2, 0.25) is 0 Å². The minimum absolute atomic E-state index is 0.809. The molecule has 0 saturated carbocycles. The highest BCUT2D eigenvalue weighted by Crippen LogP contribution is 2.30. The van der Waals surface area contributed by atoms with Crippen LogP contribution in [0, 0.1) is 5.92 Å². The van der Waals surface area contributed by atoms with Crippen LogP contribution in [0.4, 0.5) is 0 Å². The molecule has 2 bridgehead atoms. The number of hydrogen-bond acceptors (Lipinski definition) is 3. The Bertz CT molecular complexity index is 175. The van der Waals surface area contributed by atoms with Crippen LogP contribution in [0.1, 0.15) is 19.3 Å². The van der Waals surface area contributed by atoms with Gasteiger partial charge in [0.15, 0.2) is 0 Å². The quantitative estimate of drug-likeness (QED) is 0.706. The smallest absolute Gasteiger partial charge is 0.0249 e. The lowest BCUT2D eigenvalue weighted by molar-refractivity contribution is 0.0166. The lowest BCUT2D eigenvalue weighted by atomic mass is 9.83. The molecule has 0 aliphatic carbocycles. The molecule has 3 heteroatoms. The third-order valence-corrected chi connectivity index (χ3v) is 3.90. The van der Waals surface area contributed by atoms with Gasteiger partial charge in [0.1, 0.15) is 0 Å². The molecule has 0 aromatic rings. The molecule has 2 N–H and O–H groups in total. The van der Waals surface area contributed by atoms with Crippen LogP contribution in [0.2, 0.25) is 0 Å². The second-order valence-electron chi connectivity index (χ2n) is 4.83. The summed E-state index contributed by atoms with van der Waals surface area (Å²) in [6.45, 7) is 5.97. The van der Waals surface area contributed by atoms with E-state index < -0.39 is 0 Å². The van der Waals surface area contributed by atoms with E-state index in [9.17, 15) is 0 Å². The van der Waals surface area contributed by atoms with Gasteiger partial charge in [-0.25, -0.2) is 0 Å². The Morgan fingerprint density at radius 1 is 1.36 bits per heavy atom. The van der Waals surface area contributed by atoms with Gasteiger partial charge in [0, 0.05) is 12.6 Å². The molecule has 0 aromatic carbocycles. The molecule has 3 aliphatic heterocycles. The number of likely N-dealkylation sites (N-methyl/N-ethyl adjacent to an activating group) is 1. The molecular weight excluding hydrogens is 174 g/mol. The minimum atomic E-state index is 0.809. The van der Waals surface area contributed by atoms with Gasteiger partial charge < -0.3 is 15.5 Å². The van der Waals surface area contributed by atoms with Crippen LogP contribution >= 0.6 is 0 Å². The summed E-state index contributed by atoms with van der Waals surface area (Å²) in [6, 6.07) is 0.809. The maximum absolute atomic E-state index is 5.55. The van der Waals surface area contributed by atoms with Crippen LogP contribution < -0.4 is 5.73 Å². The van der Waals surface area contributed by atoms with Crippen LogP contribution in [-0.2, 0) is 0 Å². The van der Waals surface area contributed by atoms with Crippen LogP contribution in [0.3, 0.4) is 0 Å². The molecule has 3 rings (SSSR count). The first-order chi connectivity index (χ1) is 6.81. The predicted octanol–water partition coefficient (Wildman–Crippen LogP) is 0.361. The topological polar surface area (TPSA) is 32.5 Å². The molecule has 1 atom stereocenters. The van der Waals surface area contributed by atoms with Crippen molar-refractivity contribution >= 4 is 0 Å². The Morgan fingerprint density at radius 2 is 2.07 bits per heavy atom. The maximum atomic E-state index is 5.55. The van der Waals surface area contributed by atoms with Gasteiger partial charge in [-0.3, -0.25) is 0 Å². The predicted molar refractivity (Wildman–Crippen MR) is 59.3 cm³/mol. The first-order valence-electron chi connectivity index (χ1n) is 5.94. The van der Waals surface area contributed by atoms with Crippen LogP contribution in [0.15, 0.2) is 0 Å². The summed E-state index contributed by atoms with van der Waals surface area (Å²) < 4.78 is 0. The molecule has 3 nitrogen and oxygen atoms in total.